The maximum atomic E-state index is 13.8. The molecule has 0 aliphatic rings. The summed E-state index contributed by atoms with van der Waals surface area (Å²) in [4.78, 5) is 12.7. The van der Waals surface area contributed by atoms with Gasteiger partial charge in [-0.1, -0.05) is 29.8 Å². The summed E-state index contributed by atoms with van der Waals surface area (Å²) in [5, 5.41) is 0.658. The third-order valence-corrected chi connectivity index (χ3v) is 3.11. The number of nitrogens with zero attached hydrogens (tertiary/aromatic N) is 1. The predicted molar refractivity (Wildman–Crippen MR) is 75.3 cm³/mol. The molecule has 0 N–H and O–H groups in total. The van der Waals surface area contributed by atoms with Crippen LogP contribution in [0.1, 0.15) is 15.9 Å². The van der Waals surface area contributed by atoms with Crippen LogP contribution in [0.15, 0.2) is 42.5 Å². The first-order chi connectivity index (χ1) is 9.11. The van der Waals surface area contributed by atoms with Crippen LogP contribution in [0.25, 0.3) is 0 Å². The van der Waals surface area contributed by atoms with E-state index in [4.69, 9.17) is 11.6 Å². The molecule has 0 fully saturated rings. The van der Waals surface area contributed by atoms with Gasteiger partial charge in [0.1, 0.15) is 5.82 Å². The number of aldehydes is 1. The fraction of sp³-hybridized carbons (Fsp3) is 0.133. The maximum Gasteiger partial charge on any atom is 0.152 e. The molecule has 2 aromatic rings. The highest BCUT2D eigenvalue weighted by Gasteiger charge is 2.12. The Labute approximate surface area is 116 Å². The summed E-state index contributed by atoms with van der Waals surface area (Å²) in [6.07, 6.45) is 0.663. The summed E-state index contributed by atoms with van der Waals surface area (Å²) in [6, 6.07) is 11.8. The summed E-state index contributed by atoms with van der Waals surface area (Å²) < 4.78 is 13.8. The van der Waals surface area contributed by atoms with Gasteiger partial charge < -0.3 is 4.90 Å². The fourth-order valence-electron chi connectivity index (χ4n) is 1.97. The van der Waals surface area contributed by atoms with E-state index in [1.807, 2.05) is 12.1 Å². The van der Waals surface area contributed by atoms with E-state index in [0.29, 0.717) is 29.1 Å². The average Bonchev–Trinajstić information content (AvgIpc) is 2.40. The van der Waals surface area contributed by atoms with Crippen molar-refractivity contribution >= 4 is 23.6 Å². The van der Waals surface area contributed by atoms with E-state index in [1.165, 1.54) is 12.1 Å². The number of hydrogen-bond acceptors (Lipinski definition) is 2. The third-order valence-electron chi connectivity index (χ3n) is 2.86. The van der Waals surface area contributed by atoms with E-state index in [0.717, 1.165) is 5.56 Å². The van der Waals surface area contributed by atoms with Gasteiger partial charge in [0, 0.05) is 24.2 Å². The fourth-order valence-corrected chi connectivity index (χ4v) is 2.10. The van der Waals surface area contributed by atoms with Crippen molar-refractivity contribution < 1.29 is 9.18 Å². The third kappa shape index (κ3) is 3.12. The Kier molecular flexibility index (Phi) is 4.17. The van der Waals surface area contributed by atoms with Crippen LogP contribution in [0.2, 0.25) is 5.02 Å². The smallest absolute Gasteiger partial charge is 0.152 e. The molecule has 2 aromatic carbocycles. The second-order valence-corrected chi connectivity index (χ2v) is 4.71. The number of rotatable bonds is 4. The van der Waals surface area contributed by atoms with Crippen molar-refractivity contribution in [3.8, 4) is 0 Å². The van der Waals surface area contributed by atoms with Gasteiger partial charge in [-0.25, -0.2) is 4.39 Å². The van der Waals surface area contributed by atoms with E-state index in [-0.39, 0.29) is 0 Å². The normalized spacial score (nSPS) is 10.3. The molecule has 0 saturated carbocycles. The molecule has 0 aliphatic carbocycles. The first kappa shape index (κ1) is 13.6. The highest BCUT2D eigenvalue weighted by atomic mass is 35.5. The number of carbonyl (C=O) groups excluding carboxylic acids is 1. The van der Waals surface area contributed by atoms with E-state index in [1.54, 1.807) is 30.1 Å². The van der Waals surface area contributed by atoms with Gasteiger partial charge in [0.25, 0.3) is 0 Å². The van der Waals surface area contributed by atoms with Gasteiger partial charge >= 0.3 is 0 Å². The minimum absolute atomic E-state index is 0.312. The average molecular weight is 278 g/mol. The summed E-state index contributed by atoms with van der Waals surface area (Å²) in [7, 11) is 1.75. The van der Waals surface area contributed by atoms with Gasteiger partial charge in [0.05, 0.1) is 5.69 Å². The first-order valence-corrected chi connectivity index (χ1v) is 6.19. The van der Waals surface area contributed by atoms with Crippen molar-refractivity contribution in [1.82, 2.24) is 0 Å². The summed E-state index contributed by atoms with van der Waals surface area (Å²) in [5.41, 5.74) is 1.65. The monoisotopic (exact) mass is 277 g/mol. The van der Waals surface area contributed by atoms with Gasteiger partial charge in [-0.2, -0.15) is 0 Å². The second kappa shape index (κ2) is 5.85. The Hall–Kier alpha value is -1.87. The van der Waals surface area contributed by atoms with Gasteiger partial charge in [-0.3, -0.25) is 4.79 Å². The Bertz CT molecular complexity index is 583. The van der Waals surface area contributed by atoms with Crippen LogP contribution in [0, 0.1) is 5.82 Å². The zero-order valence-corrected chi connectivity index (χ0v) is 11.2. The Morgan fingerprint density at radius 3 is 2.53 bits per heavy atom. The lowest BCUT2D eigenvalue weighted by Gasteiger charge is -2.21. The Morgan fingerprint density at radius 2 is 1.89 bits per heavy atom. The molecular formula is C15H13ClFNO. The topological polar surface area (TPSA) is 20.3 Å². The summed E-state index contributed by atoms with van der Waals surface area (Å²) in [5.74, 6) is -0.402. The molecule has 19 heavy (non-hydrogen) atoms. The molecule has 0 spiro atoms. The molecule has 0 aliphatic heterocycles. The molecule has 2 nitrogen and oxygen atoms in total. The standard InChI is InChI=1S/C15H13ClFNO/c1-18(9-11-5-7-13(16)8-6-11)15-12(10-19)3-2-4-14(15)17/h2-8,10H,9H2,1H3. The SMILES string of the molecule is CN(Cc1ccc(Cl)cc1)c1c(F)cccc1C=O. The van der Waals surface area contributed by atoms with Crippen LogP contribution in [0.3, 0.4) is 0 Å². The number of benzene rings is 2. The van der Waals surface area contributed by atoms with Crippen molar-refractivity contribution in [1.29, 1.82) is 0 Å². The molecule has 0 unspecified atom stereocenters. The molecule has 0 heterocycles. The number of hydrogen-bond donors (Lipinski definition) is 0. The van der Waals surface area contributed by atoms with Crippen LogP contribution >= 0.6 is 11.6 Å². The van der Waals surface area contributed by atoms with E-state index in [9.17, 15) is 9.18 Å². The maximum absolute atomic E-state index is 13.8. The van der Waals surface area contributed by atoms with Crippen LogP contribution < -0.4 is 4.90 Å². The van der Waals surface area contributed by atoms with E-state index < -0.39 is 5.82 Å². The van der Waals surface area contributed by atoms with Crippen LogP contribution in [0.5, 0.6) is 0 Å². The molecule has 2 rings (SSSR count). The first-order valence-electron chi connectivity index (χ1n) is 5.81. The van der Waals surface area contributed by atoms with Crippen molar-refractivity contribution in [3.63, 3.8) is 0 Å². The summed E-state index contributed by atoms with van der Waals surface area (Å²) >= 11 is 5.82. The van der Waals surface area contributed by atoms with Gasteiger partial charge in [-0.05, 0) is 29.8 Å². The Morgan fingerprint density at radius 1 is 1.21 bits per heavy atom. The number of halogens is 2. The molecule has 0 radical (unpaired) electrons. The zero-order valence-electron chi connectivity index (χ0n) is 10.4. The van der Waals surface area contributed by atoms with Crippen LogP contribution in [-0.2, 0) is 6.54 Å². The van der Waals surface area contributed by atoms with Gasteiger partial charge in [-0.15, -0.1) is 0 Å². The van der Waals surface area contributed by atoms with Crippen molar-refractivity contribution in [2.75, 3.05) is 11.9 Å². The predicted octanol–water partition coefficient (Wildman–Crippen LogP) is 3.93. The minimum atomic E-state index is -0.402. The van der Waals surface area contributed by atoms with Gasteiger partial charge in [0.2, 0.25) is 0 Å². The van der Waals surface area contributed by atoms with Crippen LogP contribution in [0.4, 0.5) is 10.1 Å². The number of carbonyl (C=O) groups is 1. The second-order valence-electron chi connectivity index (χ2n) is 4.28. The molecule has 0 atom stereocenters. The lowest BCUT2D eigenvalue weighted by Crippen LogP contribution is -2.19. The molecule has 0 aromatic heterocycles. The molecule has 98 valence electrons. The van der Waals surface area contributed by atoms with Crippen molar-refractivity contribution in [2.45, 2.75) is 6.54 Å². The summed E-state index contributed by atoms with van der Waals surface area (Å²) in [6.45, 7) is 0.499. The molecule has 4 heteroatoms. The molecule has 0 saturated heterocycles. The van der Waals surface area contributed by atoms with Crippen molar-refractivity contribution in [2.24, 2.45) is 0 Å². The zero-order chi connectivity index (χ0) is 13.8. The molecule has 0 bridgehead atoms. The number of para-hydroxylation sites is 1. The lowest BCUT2D eigenvalue weighted by atomic mass is 10.1. The quantitative estimate of drug-likeness (QED) is 0.789. The highest BCUT2D eigenvalue weighted by Crippen LogP contribution is 2.24. The van der Waals surface area contributed by atoms with E-state index >= 15 is 0 Å². The number of anilines is 1. The molecule has 0 amide bonds. The van der Waals surface area contributed by atoms with Gasteiger partial charge in [0.15, 0.2) is 6.29 Å². The van der Waals surface area contributed by atoms with Crippen molar-refractivity contribution in [3.05, 3.63) is 64.4 Å². The van der Waals surface area contributed by atoms with Crippen LogP contribution in [-0.4, -0.2) is 13.3 Å². The highest BCUT2D eigenvalue weighted by molar-refractivity contribution is 6.30. The Balaban J connectivity index is 2.27. The molecular weight excluding hydrogens is 265 g/mol. The largest absolute Gasteiger partial charge is 0.367 e. The van der Waals surface area contributed by atoms with E-state index in [2.05, 4.69) is 0 Å². The minimum Gasteiger partial charge on any atom is -0.367 e. The lowest BCUT2D eigenvalue weighted by molar-refractivity contribution is 0.112.